The molecule has 0 saturated carbocycles. The summed E-state index contributed by atoms with van der Waals surface area (Å²) in [6.07, 6.45) is 4.22. The van der Waals surface area contributed by atoms with Gasteiger partial charge in [0, 0.05) is 17.1 Å². The lowest BCUT2D eigenvalue weighted by Gasteiger charge is -2.21. The summed E-state index contributed by atoms with van der Waals surface area (Å²) in [5.74, 6) is -0.159. The Kier molecular flexibility index (Phi) is 6.31. The number of thiocarbonyl (C=S) groups is 1. The van der Waals surface area contributed by atoms with Crippen molar-refractivity contribution in [1.29, 1.82) is 0 Å². The van der Waals surface area contributed by atoms with Crippen LogP contribution in [-0.2, 0) is 4.79 Å². The fraction of sp³-hybridized carbons (Fsp3) is 0.217. The molecule has 1 aliphatic rings. The molecule has 3 heterocycles. The Balaban J connectivity index is 1.87. The van der Waals surface area contributed by atoms with Crippen LogP contribution in [0.1, 0.15) is 31.4 Å². The number of amides is 1. The number of aromatic nitrogens is 2. The van der Waals surface area contributed by atoms with E-state index in [0.717, 1.165) is 16.9 Å². The third kappa shape index (κ3) is 4.33. The second kappa shape index (κ2) is 8.98. The zero-order valence-electron chi connectivity index (χ0n) is 17.4. The van der Waals surface area contributed by atoms with E-state index in [2.05, 4.69) is 0 Å². The molecular weight excluding hydrogens is 446 g/mol. The Morgan fingerprint density at radius 2 is 1.94 bits per heavy atom. The molecule has 1 amide bonds. The van der Waals surface area contributed by atoms with Gasteiger partial charge in [0.15, 0.2) is 0 Å². The highest BCUT2D eigenvalue weighted by Crippen LogP contribution is 2.36. The van der Waals surface area contributed by atoms with E-state index in [9.17, 15) is 9.59 Å². The van der Waals surface area contributed by atoms with Gasteiger partial charge in [-0.25, -0.2) is 4.98 Å². The number of rotatable bonds is 5. The second-order valence-corrected chi connectivity index (χ2v) is 10.0. The van der Waals surface area contributed by atoms with Gasteiger partial charge in [0.1, 0.15) is 15.0 Å². The van der Waals surface area contributed by atoms with Gasteiger partial charge in [0.25, 0.3) is 11.5 Å². The van der Waals surface area contributed by atoms with E-state index < -0.39 is 0 Å². The smallest absolute Gasteiger partial charge is 0.266 e. The van der Waals surface area contributed by atoms with Crippen molar-refractivity contribution in [1.82, 2.24) is 14.3 Å². The molecule has 0 N–H and O–H groups in total. The van der Waals surface area contributed by atoms with Gasteiger partial charge in [-0.1, -0.05) is 66.9 Å². The molecular formula is C23H21N3O2S3. The highest BCUT2D eigenvalue weighted by atomic mass is 32.2. The molecule has 0 spiro atoms. The number of benzene rings is 1. The fourth-order valence-electron chi connectivity index (χ4n) is 3.21. The highest BCUT2D eigenvalue weighted by molar-refractivity contribution is 8.26. The van der Waals surface area contributed by atoms with Gasteiger partial charge in [-0.2, -0.15) is 0 Å². The van der Waals surface area contributed by atoms with Gasteiger partial charge in [-0.05, 0) is 50.1 Å². The minimum atomic E-state index is -0.207. The minimum Gasteiger partial charge on any atom is -0.290 e. The van der Waals surface area contributed by atoms with Gasteiger partial charge in [-0.15, -0.1) is 0 Å². The molecule has 4 rings (SSSR count). The quantitative estimate of drug-likeness (QED) is 0.294. The summed E-state index contributed by atoms with van der Waals surface area (Å²) in [5.41, 5.74) is 1.70. The largest absolute Gasteiger partial charge is 0.290 e. The zero-order chi connectivity index (χ0) is 22.1. The number of thioether (sulfide) groups is 1. The Morgan fingerprint density at radius 3 is 2.65 bits per heavy atom. The number of pyridine rings is 1. The maximum absolute atomic E-state index is 13.4. The van der Waals surface area contributed by atoms with Crippen LogP contribution in [0.5, 0.6) is 0 Å². The van der Waals surface area contributed by atoms with Crippen molar-refractivity contribution in [3.05, 3.63) is 75.0 Å². The van der Waals surface area contributed by atoms with Crippen molar-refractivity contribution in [3.8, 4) is 0 Å². The van der Waals surface area contributed by atoms with E-state index >= 15 is 0 Å². The highest BCUT2D eigenvalue weighted by Gasteiger charge is 2.35. The number of aryl methyl sites for hydroxylation is 1. The van der Waals surface area contributed by atoms with Crippen molar-refractivity contribution in [2.24, 2.45) is 0 Å². The molecule has 0 aliphatic carbocycles. The number of nitrogens with zero attached hydrogens (tertiary/aromatic N) is 3. The summed E-state index contributed by atoms with van der Waals surface area (Å²) in [7, 11) is 0. The van der Waals surface area contributed by atoms with E-state index in [1.165, 1.54) is 27.9 Å². The molecule has 1 fully saturated rings. The normalized spacial score (nSPS) is 16.5. The molecule has 0 radical (unpaired) electrons. The fourth-order valence-corrected chi connectivity index (χ4v) is 5.57. The maximum atomic E-state index is 13.4. The van der Waals surface area contributed by atoms with Crippen LogP contribution in [0.15, 0.2) is 68.3 Å². The zero-order valence-corrected chi connectivity index (χ0v) is 19.8. The second-order valence-electron chi connectivity index (χ2n) is 7.29. The molecule has 2 aromatic heterocycles. The number of fused-ring (bicyclic) bond motifs is 1. The monoisotopic (exact) mass is 467 g/mol. The minimum absolute atomic E-state index is 0.00930. The Bertz CT molecular complexity index is 1270. The number of carbonyl (C=O) groups excluding carboxylic acids is 1. The predicted octanol–water partition coefficient (Wildman–Crippen LogP) is 5.15. The van der Waals surface area contributed by atoms with Crippen molar-refractivity contribution in [2.45, 2.75) is 43.2 Å². The number of hydrogen-bond donors (Lipinski definition) is 0. The van der Waals surface area contributed by atoms with Crippen molar-refractivity contribution >= 4 is 57.7 Å². The summed E-state index contributed by atoms with van der Waals surface area (Å²) in [6, 6.07) is 13.5. The molecule has 158 valence electrons. The van der Waals surface area contributed by atoms with E-state index in [1.54, 1.807) is 17.2 Å². The Morgan fingerprint density at radius 1 is 1.19 bits per heavy atom. The topological polar surface area (TPSA) is 54.7 Å². The molecule has 8 heteroatoms. The summed E-state index contributed by atoms with van der Waals surface area (Å²) in [5, 5.41) is 0.564. The molecule has 31 heavy (non-hydrogen) atoms. The van der Waals surface area contributed by atoms with Gasteiger partial charge in [0.05, 0.1) is 10.5 Å². The van der Waals surface area contributed by atoms with Gasteiger partial charge in [0.2, 0.25) is 0 Å². The van der Waals surface area contributed by atoms with Crippen LogP contribution in [0, 0.1) is 6.92 Å². The van der Waals surface area contributed by atoms with Crippen molar-refractivity contribution in [2.75, 3.05) is 0 Å². The van der Waals surface area contributed by atoms with Crippen LogP contribution in [0.4, 0.5) is 0 Å². The predicted molar refractivity (Wildman–Crippen MR) is 132 cm³/mol. The van der Waals surface area contributed by atoms with Crippen LogP contribution in [0.25, 0.3) is 11.7 Å². The molecule has 3 aromatic rings. The number of hydrogen-bond acceptors (Lipinski definition) is 6. The SMILES string of the molecule is CC[C@H](C)N1C(=O)/C(=C/c2c(Sc3ccccc3)nc3ccc(C)cn3c2=O)SC1=S. The Labute approximate surface area is 194 Å². The first-order valence-corrected chi connectivity index (χ1v) is 12.0. The van der Waals surface area contributed by atoms with E-state index in [-0.39, 0.29) is 17.5 Å². The van der Waals surface area contributed by atoms with Gasteiger partial charge < -0.3 is 0 Å². The maximum Gasteiger partial charge on any atom is 0.266 e. The lowest BCUT2D eigenvalue weighted by atomic mass is 10.2. The Hall–Kier alpha value is -2.42. The average Bonchev–Trinajstić information content (AvgIpc) is 3.04. The van der Waals surface area contributed by atoms with Gasteiger partial charge >= 0.3 is 0 Å². The van der Waals surface area contributed by atoms with Crippen molar-refractivity contribution in [3.63, 3.8) is 0 Å². The first-order chi connectivity index (χ1) is 14.9. The lowest BCUT2D eigenvalue weighted by molar-refractivity contribution is -0.123. The van der Waals surface area contributed by atoms with Crippen LogP contribution >= 0.6 is 35.7 Å². The summed E-state index contributed by atoms with van der Waals surface area (Å²) < 4.78 is 2.05. The van der Waals surface area contributed by atoms with Crippen molar-refractivity contribution < 1.29 is 4.79 Å². The average molecular weight is 468 g/mol. The molecule has 1 atom stereocenters. The molecule has 1 aromatic carbocycles. The summed E-state index contributed by atoms with van der Waals surface area (Å²) >= 11 is 8.09. The van der Waals surface area contributed by atoms with E-state index in [1.807, 2.05) is 63.2 Å². The van der Waals surface area contributed by atoms with Crippen LogP contribution in [0.2, 0.25) is 0 Å². The van der Waals surface area contributed by atoms with Crippen LogP contribution < -0.4 is 5.56 Å². The first-order valence-electron chi connectivity index (χ1n) is 9.92. The molecule has 0 bridgehead atoms. The number of carbonyl (C=O) groups is 1. The molecule has 5 nitrogen and oxygen atoms in total. The van der Waals surface area contributed by atoms with Crippen LogP contribution in [0.3, 0.4) is 0 Å². The summed E-state index contributed by atoms with van der Waals surface area (Å²) in [6.45, 7) is 5.92. The van der Waals surface area contributed by atoms with E-state index in [4.69, 9.17) is 17.2 Å². The first kappa shape index (κ1) is 21.8. The van der Waals surface area contributed by atoms with Gasteiger partial charge in [-0.3, -0.25) is 18.9 Å². The van der Waals surface area contributed by atoms with Crippen LogP contribution in [-0.4, -0.2) is 30.6 Å². The molecule has 1 saturated heterocycles. The molecule has 1 aliphatic heterocycles. The lowest BCUT2D eigenvalue weighted by Crippen LogP contribution is -2.36. The summed E-state index contributed by atoms with van der Waals surface area (Å²) in [4.78, 5) is 34.3. The third-order valence-electron chi connectivity index (χ3n) is 5.06. The standard InChI is InChI=1S/C23H21N3O2S3/c1-4-15(3)26-22(28)18(31-23(26)29)12-17-20(30-16-8-6-5-7-9-16)24-19-11-10-14(2)13-25(19)21(17)27/h5-13,15H,4H2,1-3H3/b18-12-/t15-/m0/s1. The third-order valence-corrected chi connectivity index (χ3v) is 7.40. The molecule has 0 unspecified atom stereocenters. The van der Waals surface area contributed by atoms with E-state index in [0.29, 0.717) is 25.5 Å².